The van der Waals surface area contributed by atoms with Gasteiger partial charge in [0.1, 0.15) is 0 Å². The SMILES string of the molecule is CC(NC1COCC1O)C(F)F. The van der Waals surface area contributed by atoms with E-state index in [1.165, 1.54) is 6.92 Å². The first-order valence-electron chi connectivity index (χ1n) is 3.91. The molecule has 3 nitrogen and oxygen atoms in total. The van der Waals surface area contributed by atoms with E-state index < -0.39 is 18.6 Å². The van der Waals surface area contributed by atoms with E-state index in [1.54, 1.807) is 0 Å². The predicted molar refractivity (Wildman–Crippen MR) is 39.2 cm³/mol. The molecule has 5 heteroatoms. The first-order valence-corrected chi connectivity index (χ1v) is 3.91. The Morgan fingerprint density at radius 3 is 2.58 bits per heavy atom. The van der Waals surface area contributed by atoms with Crippen LogP contribution in [0.3, 0.4) is 0 Å². The third-order valence-corrected chi connectivity index (χ3v) is 1.91. The van der Waals surface area contributed by atoms with Gasteiger partial charge in [-0.2, -0.15) is 0 Å². The Morgan fingerprint density at radius 1 is 1.50 bits per heavy atom. The molecule has 1 aliphatic heterocycles. The highest BCUT2D eigenvalue weighted by atomic mass is 19.3. The first-order chi connectivity index (χ1) is 5.61. The van der Waals surface area contributed by atoms with Crippen LogP contribution in [0.4, 0.5) is 8.78 Å². The quantitative estimate of drug-likeness (QED) is 0.643. The monoisotopic (exact) mass is 181 g/mol. The number of hydrogen-bond acceptors (Lipinski definition) is 3. The fourth-order valence-electron chi connectivity index (χ4n) is 1.11. The lowest BCUT2D eigenvalue weighted by molar-refractivity contribution is 0.0837. The minimum atomic E-state index is -2.40. The molecule has 0 aromatic rings. The van der Waals surface area contributed by atoms with Crippen molar-refractivity contribution in [3.05, 3.63) is 0 Å². The largest absolute Gasteiger partial charge is 0.389 e. The summed E-state index contributed by atoms with van der Waals surface area (Å²) in [5.41, 5.74) is 0. The molecule has 1 aliphatic rings. The maximum Gasteiger partial charge on any atom is 0.253 e. The zero-order valence-electron chi connectivity index (χ0n) is 6.84. The fraction of sp³-hybridized carbons (Fsp3) is 1.00. The molecule has 0 saturated carbocycles. The molecule has 2 N–H and O–H groups in total. The van der Waals surface area contributed by atoms with Gasteiger partial charge in [-0.1, -0.05) is 0 Å². The molecule has 0 spiro atoms. The van der Waals surface area contributed by atoms with Crippen molar-refractivity contribution in [3.63, 3.8) is 0 Å². The molecule has 3 unspecified atom stereocenters. The van der Waals surface area contributed by atoms with Gasteiger partial charge in [0.25, 0.3) is 6.43 Å². The lowest BCUT2D eigenvalue weighted by Crippen LogP contribution is -2.46. The zero-order chi connectivity index (χ0) is 9.14. The van der Waals surface area contributed by atoms with Crippen molar-refractivity contribution >= 4 is 0 Å². The number of nitrogens with one attached hydrogen (secondary N) is 1. The second-order valence-corrected chi connectivity index (χ2v) is 3.00. The van der Waals surface area contributed by atoms with Gasteiger partial charge < -0.3 is 15.2 Å². The average molecular weight is 181 g/mol. The Hall–Kier alpha value is -0.260. The Kier molecular flexibility index (Phi) is 3.37. The molecular weight excluding hydrogens is 168 g/mol. The zero-order valence-corrected chi connectivity index (χ0v) is 6.84. The normalized spacial score (nSPS) is 32.8. The summed E-state index contributed by atoms with van der Waals surface area (Å²) in [6.45, 7) is 1.92. The highest BCUT2D eigenvalue weighted by Gasteiger charge is 2.29. The summed E-state index contributed by atoms with van der Waals surface area (Å²) in [5, 5.41) is 11.8. The summed E-state index contributed by atoms with van der Waals surface area (Å²) in [6, 6.07) is -1.25. The van der Waals surface area contributed by atoms with E-state index in [1.807, 2.05) is 0 Å². The van der Waals surface area contributed by atoms with Gasteiger partial charge in [0, 0.05) is 0 Å². The standard InChI is InChI=1S/C7H13F2NO2/c1-4(7(8)9)10-5-2-12-3-6(5)11/h4-7,10-11H,2-3H2,1H3. The molecule has 0 aromatic carbocycles. The molecule has 3 atom stereocenters. The molecule has 72 valence electrons. The molecule has 1 rings (SSSR count). The van der Waals surface area contributed by atoms with Gasteiger partial charge in [0.2, 0.25) is 0 Å². The van der Waals surface area contributed by atoms with E-state index in [-0.39, 0.29) is 12.6 Å². The fourth-order valence-corrected chi connectivity index (χ4v) is 1.11. The third-order valence-electron chi connectivity index (χ3n) is 1.91. The summed E-state index contributed by atoms with van der Waals surface area (Å²) in [5.74, 6) is 0. The minimum absolute atomic E-state index is 0.230. The van der Waals surface area contributed by atoms with Crippen LogP contribution in [0.1, 0.15) is 6.92 Å². The molecule has 1 fully saturated rings. The molecule has 1 saturated heterocycles. The number of halogens is 2. The van der Waals surface area contributed by atoms with Gasteiger partial charge in [-0.25, -0.2) is 8.78 Å². The Bertz CT molecular complexity index is 145. The van der Waals surface area contributed by atoms with Crippen LogP contribution < -0.4 is 5.32 Å². The van der Waals surface area contributed by atoms with Gasteiger partial charge in [-0.3, -0.25) is 0 Å². The molecule has 1 heterocycles. The van der Waals surface area contributed by atoms with Gasteiger partial charge in [0.05, 0.1) is 31.4 Å². The maximum atomic E-state index is 12.0. The summed E-state index contributed by atoms with van der Waals surface area (Å²) in [4.78, 5) is 0. The van der Waals surface area contributed by atoms with Crippen LogP contribution in [0.5, 0.6) is 0 Å². The highest BCUT2D eigenvalue weighted by Crippen LogP contribution is 2.08. The van der Waals surface area contributed by atoms with Crippen LogP contribution in [0.25, 0.3) is 0 Å². The summed E-state index contributed by atoms with van der Waals surface area (Å²) in [6.07, 6.45) is -3.07. The maximum absolute atomic E-state index is 12.0. The Morgan fingerprint density at radius 2 is 2.17 bits per heavy atom. The van der Waals surface area contributed by atoms with Crippen LogP contribution in [0.15, 0.2) is 0 Å². The van der Waals surface area contributed by atoms with Crippen molar-refractivity contribution < 1.29 is 18.6 Å². The number of aliphatic hydroxyl groups is 1. The van der Waals surface area contributed by atoms with Gasteiger partial charge in [-0.05, 0) is 6.92 Å². The van der Waals surface area contributed by atoms with Gasteiger partial charge >= 0.3 is 0 Å². The average Bonchev–Trinajstić information content (AvgIpc) is 2.36. The topological polar surface area (TPSA) is 41.5 Å². The van der Waals surface area contributed by atoms with Gasteiger partial charge in [-0.15, -0.1) is 0 Å². The van der Waals surface area contributed by atoms with Crippen LogP contribution in [-0.4, -0.2) is 42.9 Å². The van der Waals surface area contributed by atoms with E-state index in [4.69, 9.17) is 4.74 Å². The van der Waals surface area contributed by atoms with E-state index >= 15 is 0 Å². The van der Waals surface area contributed by atoms with E-state index in [2.05, 4.69) is 5.32 Å². The lowest BCUT2D eigenvalue weighted by atomic mass is 10.2. The molecule has 0 aromatic heterocycles. The van der Waals surface area contributed by atoms with Crippen LogP contribution >= 0.6 is 0 Å². The lowest BCUT2D eigenvalue weighted by Gasteiger charge is -2.19. The third kappa shape index (κ3) is 2.36. The Balaban J connectivity index is 2.30. The second-order valence-electron chi connectivity index (χ2n) is 3.00. The van der Waals surface area contributed by atoms with E-state index in [0.717, 1.165) is 0 Å². The number of ether oxygens (including phenoxy) is 1. The number of rotatable bonds is 3. The van der Waals surface area contributed by atoms with Crippen molar-refractivity contribution in [2.75, 3.05) is 13.2 Å². The van der Waals surface area contributed by atoms with Crippen molar-refractivity contribution in [2.24, 2.45) is 0 Å². The molecule has 0 aliphatic carbocycles. The molecule has 0 radical (unpaired) electrons. The van der Waals surface area contributed by atoms with Crippen molar-refractivity contribution in [2.45, 2.75) is 31.5 Å². The summed E-state index contributed by atoms with van der Waals surface area (Å²) in [7, 11) is 0. The molecular formula is C7H13F2NO2. The molecule has 0 bridgehead atoms. The molecule has 0 amide bonds. The Labute approximate surface area is 69.7 Å². The summed E-state index contributed by atoms with van der Waals surface area (Å²) < 4.78 is 28.9. The number of alkyl halides is 2. The van der Waals surface area contributed by atoms with Crippen LogP contribution in [-0.2, 0) is 4.74 Å². The molecule has 12 heavy (non-hydrogen) atoms. The number of aliphatic hydroxyl groups excluding tert-OH is 1. The van der Waals surface area contributed by atoms with E-state index in [0.29, 0.717) is 6.61 Å². The summed E-state index contributed by atoms with van der Waals surface area (Å²) >= 11 is 0. The second kappa shape index (κ2) is 4.11. The van der Waals surface area contributed by atoms with Crippen molar-refractivity contribution in [3.8, 4) is 0 Å². The highest BCUT2D eigenvalue weighted by molar-refractivity contribution is 4.83. The minimum Gasteiger partial charge on any atom is -0.389 e. The van der Waals surface area contributed by atoms with Gasteiger partial charge in [0.15, 0.2) is 0 Å². The first kappa shape index (κ1) is 9.83. The van der Waals surface area contributed by atoms with Crippen LogP contribution in [0, 0.1) is 0 Å². The smallest absolute Gasteiger partial charge is 0.253 e. The predicted octanol–water partition coefficient (Wildman–Crippen LogP) is -0.0107. The van der Waals surface area contributed by atoms with Crippen LogP contribution in [0.2, 0.25) is 0 Å². The van der Waals surface area contributed by atoms with Crippen molar-refractivity contribution in [1.29, 1.82) is 0 Å². The number of hydrogen-bond donors (Lipinski definition) is 2. The van der Waals surface area contributed by atoms with E-state index in [9.17, 15) is 13.9 Å². The van der Waals surface area contributed by atoms with Crippen molar-refractivity contribution in [1.82, 2.24) is 5.32 Å².